The van der Waals surface area contributed by atoms with Crippen molar-refractivity contribution in [3.8, 4) is 5.75 Å². The number of amides is 1. The van der Waals surface area contributed by atoms with Crippen molar-refractivity contribution in [3.05, 3.63) is 30.3 Å². The standard InChI is InChI=1S/C14H21NO2/c1-11(2)12(3)15-14(16)9-10-17-13-7-5-4-6-8-13/h4-8,11-12H,9-10H2,1-3H3,(H,15,16). The Bertz CT molecular complexity index is 335. The number of hydrogen-bond donors (Lipinski definition) is 1. The van der Waals surface area contributed by atoms with Gasteiger partial charge in [-0.15, -0.1) is 0 Å². The van der Waals surface area contributed by atoms with Gasteiger partial charge in [0.05, 0.1) is 13.0 Å². The summed E-state index contributed by atoms with van der Waals surface area (Å²) in [5.41, 5.74) is 0. The highest BCUT2D eigenvalue weighted by molar-refractivity contribution is 5.76. The zero-order chi connectivity index (χ0) is 12.7. The predicted octanol–water partition coefficient (Wildman–Crippen LogP) is 2.62. The van der Waals surface area contributed by atoms with Crippen LogP contribution in [-0.4, -0.2) is 18.6 Å². The second kappa shape index (κ2) is 6.94. The summed E-state index contributed by atoms with van der Waals surface area (Å²) in [4.78, 5) is 11.6. The second-order valence-electron chi connectivity index (χ2n) is 4.51. The summed E-state index contributed by atoms with van der Waals surface area (Å²) in [6.07, 6.45) is 0.395. The number of benzene rings is 1. The van der Waals surface area contributed by atoms with Crippen molar-refractivity contribution >= 4 is 5.91 Å². The molecule has 1 rings (SSSR count). The molecule has 0 saturated heterocycles. The molecule has 1 amide bonds. The quantitative estimate of drug-likeness (QED) is 0.823. The molecule has 17 heavy (non-hydrogen) atoms. The number of carbonyl (C=O) groups is 1. The largest absolute Gasteiger partial charge is 0.493 e. The van der Waals surface area contributed by atoms with Gasteiger partial charge in [-0.1, -0.05) is 32.0 Å². The first-order chi connectivity index (χ1) is 8.09. The minimum Gasteiger partial charge on any atom is -0.493 e. The maximum atomic E-state index is 11.6. The molecule has 0 bridgehead atoms. The third kappa shape index (κ3) is 5.38. The summed E-state index contributed by atoms with van der Waals surface area (Å²) in [5.74, 6) is 1.30. The number of ether oxygens (including phenoxy) is 1. The Labute approximate surface area is 103 Å². The van der Waals surface area contributed by atoms with E-state index in [-0.39, 0.29) is 11.9 Å². The lowest BCUT2D eigenvalue weighted by molar-refractivity contribution is -0.122. The van der Waals surface area contributed by atoms with E-state index in [0.29, 0.717) is 18.9 Å². The Morgan fingerprint density at radius 2 is 1.88 bits per heavy atom. The van der Waals surface area contributed by atoms with Gasteiger partial charge in [0, 0.05) is 6.04 Å². The van der Waals surface area contributed by atoms with Crippen molar-refractivity contribution in [2.24, 2.45) is 5.92 Å². The van der Waals surface area contributed by atoms with E-state index >= 15 is 0 Å². The van der Waals surface area contributed by atoms with E-state index in [4.69, 9.17) is 4.74 Å². The molecule has 0 aliphatic heterocycles. The average molecular weight is 235 g/mol. The third-order valence-electron chi connectivity index (χ3n) is 2.73. The summed E-state index contributed by atoms with van der Waals surface area (Å²) in [7, 11) is 0. The maximum Gasteiger partial charge on any atom is 0.223 e. The highest BCUT2D eigenvalue weighted by Crippen LogP contribution is 2.08. The van der Waals surface area contributed by atoms with Gasteiger partial charge in [-0.3, -0.25) is 4.79 Å². The zero-order valence-corrected chi connectivity index (χ0v) is 10.8. The topological polar surface area (TPSA) is 38.3 Å². The van der Waals surface area contributed by atoms with Gasteiger partial charge >= 0.3 is 0 Å². The normalized spacial score (nSPS) is 12.2. The van der Waals surface area contributed by atoms with Crippen molar-refractivity contribution in [2.45, 2.75) is 33.2 Å². The molecular formula is C14H21NO2. The molecule has 0 aromatic heterocycles. The molecular weight excluding hydrogens is 214 g/mol. The van der Waals surface area contributed by atoms with Gasteiger partial charge in [-0.25, -0.2) is 0 Å². The smallest absolute Gasteiger partial charge is 0.223 e. The Morgan fingerprint density at radius 3 is 2.47 bits per heavy atom. The lowest BCUT2D eigenvalue weighted by atomic mass is 10.1. The van der Waals surface area contributed by atoms with Crippen LogP contribution in [0.1, 0.15) is 27.2 Å². The third-order valence-corrected chi connectivity index (χ3v) is 2.73. The number of carbonyl (C=O) groups excluding carboxylic acids is 1. The maximum absolute atomic E-state index is 11.6. The van der Waals surface area contributed by atoms with E-state index in [0.717, 1.165) is 5.75 Å². The van der Waals surface area contributed by atoms with Gasteiger partial charge in [0.2, 0.25) is 5.91 Å². The molecule has 1 N–H and O–H groups in total. The zero-order valence-electron chi connectivity index (χ0n) is 10.8. The van der Waals surface area contributed by atoms with Crippen molar-refractivity contribution in [1.29, 1.82) is 0 Å². The molecule has 0 heterocycles. The van der Waals surface area contributed by atoms with Crippen LogP contribution in [0.15, 0.2) is 30.3 Å². The lowest BCUT2D eigenvalue weighted by Crippen LogP contribution is -2.36. The number of hydrogen-bond acceptors (Lipinski definition) is 2. The van der Waals surface area contributed by atoms with Gasteiger partial charge in [-0.2, -0.15) is 0 Å². The van der Waals surface area contributed by atoms with E-state index in [1.807, 2.05) is 37.3 Å². The molecule has 0 aliphatic rings. The molecule has 3 heteroatoms. The van der Waals surface area contributed by atoms with Crippen LogP contribution in [0.5, 0.6) is 5.75 Å². The molecule has 0 radical (unpaired) electrons. The molecule has 0 fully saturated rings. The Hall–Kier alpha value is -1.51. The molecule has 0 aliphatic carbocycles. The predicted molar refractivity (Wildman–Crippen MR) is 69.0 cm³/mol. The van der Waals surface area contributed by atoms with Gasteiger partial charge < -0.3 is 10.1 Å². The van der Waals surface area contributed by atoms with Gasteiger partial charge in [0.25, 0.3) is 0 Å². The second-order valence-corrected chi connectivity index (χ2v) is 4.51. The fourth-order valence-corrected chi connectivity index (χ4v) is 1.27. The van der Waals surface area contributed by atoms with Crippen LogP contribution in [0.4, 0.5) is 0 Å². The Kier molecular flexibility index (Phi) is 5.53. The van der Waals surface area contributed by atoms with Crippen molar-refractivity contribution in [3.63, 3.8) is 0 Å². The van der Waals surface area contributed by atoms with Crippen molar-refractivity contribution in [1.82, 2.24) is 5.32 Å². The van der Waals surface area contributed by atoms with Crippen LogP contribution < -0.4 is 10.1 Å². The van der Waals surface area contributed by atoms with Crippen LogP contribution in [0, 0.1) is 5.92 Å². The SMILES string of the molecule is CC(C)C(C)NC(=O)CCOc1ccccc1. The van der Waals surface area contributed by atoms with Crippen molar-refractivity contribution in [2.75, 3.05) is 6.61 Å². The fourth-order valence-electron chi connectivity index (χ4n) is 1.27. The number of para-hydroxylation sites is 1. The Balaban J connectivity index is 2.21. The first-order valence-corrected chi connectivity index (χ1v) is 6.07. The van der Waals surface area contributed by atoms with Crippen LogP contribution in [0.25, 0.3) is 0 Å². The first kappa shape index (κ1) is 13.6. The summed E-state index contributed by atoms with van der Waals surface area (Å²) < 4.78 is 5.46. The average Bonchev–Trinajstić information content (AvgIpc) is 2.30. The monoisotopic (exact) mass is 235 g/mol. The number of rotatable bonds is 6. The highest BCUT2D eigenvalue weighted by atomic mass is 16.5. The minimum atomic E-state index is 0.0436. The summed E-state index contributed by atoms with van der Waals surface area (Å²) in [6.45, 7) is 6.61. The van der Waals surface area contributed by atoms with E-state index < -0.39 is 0 Å². The van der Waals surface area contributed by atoms with Crippen LogP contribution >= 0.6 is 0 Å². The Morgan fingerprint density at radius 1 is 1.24 bits per heavy atom. The fraction of sp³-hybridized carbons (Fsp3) is 0.500. The molecule has 0 saturated carbocycles. The van der Waals surface area contributed by atoms with E-state index in [1.165, 1.54) is 0 Å². The lowest BCUT2D eigenvalue weighted by Gasteiger charge is -2.17. The van der Waals surface area contributed by atoms with E-state index in [1.54, 1.807) is 0 Å². The molecule has 1 atom stereocenters. The van der Waals surface area contributed by atoms with E-state index in [2.05, 4.69) is 19.2 Å². The minimum absolute atomic E-state index is 0.0436. The summed E-state index contributed by atoms with van der Waals surface area (Å²) >= 11 is 0. The first-order valence-electron chi connectivity index (χ1n) is 6.07. The molecule has 0 spiro atoms. The van der Waals surface area contributed by atoms with Crippen LogP contribution in [-0.2, 0) is 4.79 Å². The highest BCUT2D eigenvalue weighted by Gasteiger charge is 2.10. The summed E-state index contributed by atoms with van der Waals surface area (Å²) in [6, 6.07) is 9.74. The van der Waals surface area contributed by atoms with Crippen LogP contribution in [0.3, 0.4) is 0 Å². The summed E-state index contributed by atoms with van der Waals surface area (Å²) in [5, 5.41) is 2.95. The molecule has 1 unspecified atom stereocenters. The molecule has 94 valence electrons. The van der Waals surface area contributed by atoms with E-state index in [9.17, 15) is 4.79 Å². The van der Waals surface area contributed by atoms with Crippen LogP contribution in [0.2, 0.25) is 0 Å². The van der Waals surface area contributed by atoms with Gasteiger partial charge in [0.1, 0.15) is 5.75 Å². The van der Waals surface area contributed by atoms with Crippen molar-refractivity contribution < 1.29 is 9.53 Å². The van der Waals surface area contributed by atoms with Gasteiger partial charge in [0.15, 0.2) is 0 Å². The molecule has 3 nitrogen and oxygen atoms in total. The molecule has 1 aromatic carbocycles. The van der Waals surface area contributed by atoms with Gasteiger partial charge in [-0.05, 0) is 25.0 Å². The molecule has 1 aromatic rings. The number of nitrogens with one attached hydrogen (secondary N) is 1.